The lowest BCUT2D eigenvalue weighted by Gasteiger charge is -2.34. The Bertz CT molecular complexity index is 1510. The number of nitrogens with zero attached hydrogens (tertiary/aromatic N) is 3. The lowest BCUT2D eigenvalue weighted by atomic mass is 9.82. The second-order valence-electron chi connectivity index (χ2n) is 9.89. The number of carbonyl (C=O) groups excluding carboxylic acids is 1. The van der Waals surface area contributed by atoms with Gasteiger partial charge >= 0.3 is 6.18 Å². The monoisotopic (exact) mass is 661 g/mol. The van der Waals surface area contributed by atoms with Crippen LogP contribution >= 0.6 is 22.6 Å². The summed E-state index contributed by atoms with van der Waals surface area (Å²) in [6, 6.07) is 17.5. The molecule has 1 amide bonds. The van der Waals surface area contributed by atoms with Crippen LogP contribution in [0.15, 0.2) is 79.1 Å². The summed E-state index contributed by atoms with van der Waals surface area (Å²) in [7, 11) is 0. The lowest BCUT2D eigenvalue weighted by molar-refractivity contribution is -0.141. The zero-order chi connectivity index (χ0) is 28.5. The summed E-state index contributed by atoms with van der Waals surface area (Å²) >= 11 is 2.26. The first-order chi connectivity index (χ1) is 19.1. The van der Waals surface area contributed by atoms with Crippen LogP contribution in [0.2, 0.25) is 0 Å². The summed E-state index contributed by atoms with van der Waals surface area (Å²) in [5.41, 5.74) is 5.24. The Morgan fingerprint density at radius 2 is 1.85 bits per heavy atom. The summed E-state index contributed by atoms with van der Waals surface area (Å²) in [5, 5.41) is 18.5. The number of hydrogen-bond donors (Lipinski definition) is 3. The van der Waals surface area contributed by atoms with E-state index in [2.05, 4.69) is 38.0 Å². The average molecular weight is 661 g/mol. The minimum Gasteiger partial charge on any atom is -0.379 e. The Labute approximate surface area is 242 Å². The number of rotatable bonds is 9. The molecule has 1 aliphatic carbocycles. The quantitative estimate of drug-likeness (QED) is 0.155. The van der Waals surface area contributed by atoms with E-state index in [1.807, 2.05) is 6.07 Å². The molecule has 11 heteroatoms. The Kier molecular flexibility index (Phi) is 7.98. The number of anilines is 1. The Morgan fingerprint density at radius 3 is 2.52 bits per heavy atom. The van der Waals surface area contributed by atoms with Gasteiger partial charge in [0.25, 0.3) is 5.91 Å². The number of aromatic nitrogens is 3. The van der Waals surface area contributed by atoms with Gasteiger partial charge in [-0.25, -0.2) is 4.68 Å². The Balaban J connectivity index is 1.50. The van der Waals surface area contributed by atoms with Gasteiger partial charge in [-0.1, -0.05) is 65.8 Å². The van der Waals surface area contributed by atoms with E-state index in [1.165, 1.54) is 0 Å². The van der Waals surface area contributed by atoms with Crippen LogP contribution in [-0.4, -0.2) is 29.7 Å². The van der Waals surface area contributed by atoms with Gasteiger partial charge in [0.2, 0.25) is 0 Å². The fraction of sp³-hybridized carbons (Fsp3) is 0.276. The maximum Gasteiger partial charge on any atom is 0.435 e. The molecule has 0 saturated heterocycles. The van der Waals surface area contributed by atoms with Gasteiger partial charge in [0.1, 0.15) is 11.3 Å². The van der Waals surface area contributed by atoms with E-state index in [9.17, 15) is 23.1 Å². The van der Waals surface area contributed by atoms with Crippen molar-refractivity contribution in [3.05, 3.63) is 107 Å². The van der Waals surface area contributed by atoms with Gasteiger partial charge in [-0.05, 0) is 53.8 Å². The molecule has 2 aromatic carbocycles. The van der Waals surface area contributed by atoms with Crippen molar-refractivity contribution in [2.45, 2.75) is 41.5 Å². The minimum atomic E-state index is -4.75. The molecule has 7 nitrogen and oxygen atoms in total. The molecule has 1 saturated carbocycles. The number of benzene rings is 2. The van der Waals surface area contributed by atoms with E-state index < -0.39 is 23.4 Å². The van der Waals surface area contributed by atoms with Crippen LogP contribution in [0.25, 0.3) is 5.69 Å². The maximum atomic E-state index is 13.6. The molecule has 1 aliphatic rings. The molecule has 2 atom stereocenters. The summed E-state index contributed by atoms with van der Waals surface area (Å²) in [5.74, 6) is -0.235. The van der Waals surface area contributed by atoms with Gasteiger partial charge in [0.05, 0.1) is 5.69 Å². The molecule has 0 spiro atoms. The van der Waals surface area contributed by atoms with Crippen molar-refractivity contribution < 1.29 is 23.1 Å². The van der Waals surface area contributed by atoms with Crippen LogP contribution in [0, 0.1) is 5.92 Å². The third-order valence-electron chi connectivity index (χ3n) is 6.98. The third kappa shape index (κ3) is 5.91. The predicted octanol–water partition coefficient (Wildman–Crippen LogP) is 5.84. The Hall–Kier alpha value is -3.29. The van der Waals surface area contributed by atoms with Crippen molar-refractivity contribution in [2.24, 2.45) is 11.7 Å². The number of nitrogens with one attached hydrogen (secondary N) is 1. The molecule has 5 rings (SSSR count). The standard InChI is InChI=1S/C29H27F3IN5O2/c30-29(31,32)26-15-24(38(37-26)23-8-1-4-19(12-23)16-34)27(39)36-22-7-2-5-20(14-22)28(40,21-6-3-11-35-17-21)25(33)13-18-9-10-18/h1-8,11-12,14-15,17-18,25,40H,9-10,13,16,34H2,(H,36,39). The first-order valence-corrected chi connectivity index (χ1v) is 14.0. The SMILES string of the molecule is NCc1cccc(-n2nc(C(F)(F)F)cc2C(=O)Nc2cccc(C(O)(c3cccnc3)C(I)CC3CC3)c2)c1. The Morgan fingerprint density at radius 1 is 1.10 bits per heavy atom. The molecule has 2 unspecified atom stereocenters. The molecule has 4 aromatic rings. The van der Waals surface area contributed by atoms with Crippen LogP contribution < -0.4 is 11.1 Å². The highest BCUT2D eigenvalue weighted by molar-refractivity contribution is 14.1. The molecule has 0 bridgehead atoms. The van der Waals surface area contributed by atoms with Crippen LogP contribution in [0.4, 0.5) is 18.9 Å². The minimum absolute atomic E-state index is 0.175. The first-order valence-electron chi connectivity index (χ1n) is 12.7. The summed E-state index contributed by atoms with van der Waals surface area (Å²) < 4.78 is 41.5. The third-order valence-corrected chi connectivity index (χ3v) is 8.39. The van der Waals surface area contributed by atoms with Crippen LogP contribution in [0.3, 0.4) is 0 Å². The predicted molar refractivity (Wildman–Crippen MR) is 153 cm³/mol. The number of alkyl halides is 4. The number of amides is 1. The van der Waals surface area contributed by atoms with Gasteiger partial charge in [0, 0.05) is 40.2 Å². The molecule has 4 N–H and O–H groups in total. The second-order valence-corrected chi connectivity index (χ2v) is 11.4. The lowest BCUT2D eigenvalue weighted by Crippen LogP contribution is -2.37. The van der Waals surface area contributed by atoms with Crippen molar-refractivity contribution >= 4 is 34.2 Å². The largest absolute Gasteiger partial charge is 0.435 e. The fourth-order valence-electron chi connectivity index (χ4n) is 4.66. The van der Waals surface area contributed by atoms with Gasteiger partial charge in [-0.2, -0.15) is 18.3 Å². The zero-order valence-corrected chi connectivity index (χ0v) is 23.4. The van der Waals surface area contributed by atoms with Crippen LogP contribution in [0.5, 0.6) is 0 Å². The number of pyridine rings is 1. The molecule has 1 fully saturated rings. The highest BCUT2D eigenvalue weighted by Crippen LogP contribution is 2.45. The summed E-state index contributed by atoms with van der Waals surface area (Å²) in [6.07, 6.45) is 1.56. The van der Waals surface area contributed by atoms with E-state index >= 15 is 0 Å². The fourth-order valence-corrected chi connectivity index (χ4v) is 6.09. The van der Waals surface area contributed by atoms with Crippen molar-refractivity contribution in [1.82, 2.24) is 14.8 Å². The molecule has 2 heterocycles. The zero-order valence-electron chi connectivity index (χ0n) is 21.3. The highest BCUT2D eigenvalue weighted by atomic mass is 127. The highest BCUT2D eigenvalue weighted by Gasteiger charge is 2.42. The normalized spacial score (nSPS) is 15.8. The van der Waals surface area contributed by atoms with Gasteiger partial charge in [-0.15, -0.1) is 0 Å². The van der Waals surface area contributed by atoms with E-state index in [4.69, 9.17) is 5.73 Å². The van der Waals surface area contributed by atoms with Crippen LogP contribution in [-0.2, 0) is 18.3 Å². The van der Waals surface area contributed by atoms with Crippen molar-refractivity contribution in [1.29, 1.82) is 0 Å². The summed E-state index contributed by atoms with van der Waals surface area (Å²) in [6.45, 7) is 0.175. The van der Waals surface area contributed by atoms with Gasteiger partial charge in [-0.3, -0.25) is 9.78 Å². The smallest absolute Gasteiger partial charge is 0.379 e. The summed E-state index contributed by atoms with van der Waals surface area (Å²) in [4.78, 5) is 17.6. The number of aliphatic hydroxyl groups is 1. The maximum absolute atomic E-state index is 13.6. The molecule has 0 radical (unpaired) electrons. The van der Waals surface area contributed by atoms with Crippen molar-refractivity contribution in [3.63, 3.8) is 0 Å². The van der Waals surface area contributed by atoms with Crippen molar-refractivity contribution in [2.75, 3.05) is 5.32 Å². The number of halogens is 4. The topological polar surface area (TPSA) is 106 Å². The van der Waals surface area contributed by atoms with Gasteiger partial charge in [0.15, 0.2) is 5.69 Å². The first kappa shape index (κ1) is 28.2. The molecule has 208 valence electrons. The number of carbonyl (C=O) groups is 1. The number of hydrogen-bond acceptors (Lipinski definition) is 5. The van der Waals surface area contributed by atoms with Gasteiger partial charge < -0.3 is 16.2 Å². The molecular weight excluding hydrogens is 634 g/mol. The van der Waals surface area contributed by atoms with Crippen molar-refractivity contribution in [3.8, 4) is 5.69 Å². The molecule has 2 aromatic heterocycles. The average Bonchev–Trinajstić information content (AvgIpc) is 3.64. The van der Waals surface area contributed by atoms with Crippen LogP contribution in [0.1, 0.15) is 52.1 Å². The van der Waals surface area contributed by atoms with E-state index in [0.717, 1.165) is 30.0 Å². The molecule has 0 aliphatic heterocycles. The van der Waals surface area contributed by atoms with E-state index in [1.54, 1.807) is 67.0 Å². The molecular formula is C29H27F3IN5O2. The second kappa shape index (κ2) is 11.3. The van der Waals surface area contributed by atoms with E-state index in [0.29, 0.717) is 28.3 Å². The molecule has 40 heavy (non-hydrogen) atoms. The number of nitrogens with two attached hydrogens (primary N) is 1. The van der Waals surface area contributed by atoms with E-state index in [-0.39, 0.29) is 21.9 Å².